The van der Waals surface area contributed by atoms with Crippen LogP contribution in [0.4, 0.5) is 5.69 Å². The SMILES string of the molecule is Cc1cc(Cl)c(S(=O)(=O)N2CCCC2CN(C)C)cc1N. The van der Waals surface area contributed by atoms with Gasteiger partial charge in [-0.15, -0.1) is 0 Å². The number of halogens is 1. The molecule has 1 aliphatic heterocycles. The zero-order valence-electron chi connectivity index (χ0n) is 12.6. The average molecular weight is 332 g/mol. The molecule has 0 spiro atoms. The van der Waals surface area contributed by atoms with Gasteiger partial charge >= 0.3 is 0 Å². The maximum atomic E-state index is 12.9. The number of nitrogens with two attached hydrogens (primary N) is 1. The number of aryl methyl sites for hydroxylation is 1. The Hall–Kier alpha value is -0.820. The summed E-state index contributed by atoms with van der Waals surface area (Å²) >= 11 is 6.15. The minimum Gasteiger partial charge on any atom is -0.398 e. The van der Waals surface area contributed by atoms with Crippen molar-refractivity contribution < 1.29 is 8.42 Å². The van der Waals surface area contributed by atoms with E-state index in [0.717, 1.165) is 18.4 Å². The number of anilines is 1. The van der Waals surface area contributed by atoms with Crippen molar-refractivity contribution >= 4 is 27.3 Å². The van der Waals surface area contributed by atoms with Crippen molar-refractivity contribution in [3.05, 3.63) is 22.7 Å². The molecule has 7 heteroatoms. The van der Waals surface area contributed by atoms with Crippen LogP contribution < -0.4 is 5.73 Å². The smallest absolute Gasteiger partial charge is 0.244 e. The Morgan fingerprint density at radius 3 is 2.71 bits per heavy atom. The first-order valence-electron chi connectivity index (χ1n) is 6.95. The normalized spacial score (nSPS) is 20.3. The van der Waals surface area contributed by atoms with Gasteiger partial charge in [0.15, 0.2) is 0 Å². The van der Waals surface area contributed by atoms with Crippen molar-refractivity contribution in [1.29, 1.82) is 0 Å². The van der Waals surface area contributed by atoms with Crippen LogP contribution in [0.2, 0.25) is 5.02 Å². The molecule has 1 aromatic rings. The molecular weight excluding hydrogens is 310 g/mol. The quantitative estimate of drug-likeness (QED) is 0.856. The van der Waals surface area contributed by atoms with Crippen LogP contribution in [0.15, 0.2) is 17.0 Å². The van der Waals surface area contributed by atoms with Crippen molar-refractivity contribution in [3.63, 3.8) is 0 Å². The molecular formula is C14H22ClN3O2S. The molecule has 0 aliphatic carbocycles. The van der Waals surface area contributed by atoms with Gasteiger partial charge in [-0.3, -0.25) is 0 Å². The van der Waals surface area contributed by atoms with E-state index in [1.165, 1.54) is 6.07 Å². The lowest BCUT2D eigenvalue weighted by atomic mass is 10.2. The number of rotatable bonds is 4. The lowest BCUT2D eigenvalue weighted by Gasteiger charge is -2.27. The van der Waals surface area contributed by atoms with Gasteiger partial charge in [0.2, 0.25) is 10.0 Å². The monoisotopic (exact) mass is 331 g/mol. The van der Waals surface area contributed by atoms with Crippen LogP contribution in [0, 0.1) is 6.92 Å². The fourth-order valence-electron chi connectivity index (χ4n) is 2.72. The summed E-state index contributed by atoms with van der Waals surface area (Å²) in [6, 6.07) is 3.07. The molecule has 0 amide bonds. The van der Waals surface area contributed by atoms with Crippen LogP contribution in [0.5, 0.6) is 0 Å². The first-order chi connectivity index (χ1) is 9.73. The maximum Gasteiger partial charge on any atom is 0.244 e. The molecule has 1 atom stereocenters. The third-order valence-corrected chi connectivity index (χ3v) is 6.22. The molecule has 0 saturated carbocycles. The summed E-state index contributed by atoms with van der Waals surface area (Å²) in [5.41, 5.74) is 7.08. The van der Waals surface area contributed by atoms with Crippen molar-refractivity contribution in [1.82, 2.24) is 9.21 Å². The summed E-state index contributed by atoms with van der Waals surface area (Å²) < 4.78 is 27.3. The lowest BCUT2D eigenvalue weighted by molar-refractivity contribution is 0.291. The topological polar surface area (TPSA) is 66.6 Å². The van der Waals surface area contributed by atoms with Gasteiger partial charge in [0.25, 0.3) is 0 Å². The third kappa shape index (κ3) is 3.34. The molecule has 1 aromatic carbocycles. The van der Waals surface area contributed by atoms with E-state index in [2.05, 4.69) is 0 Å². The van der Waals surface area contributed by atoms with Crippen LogP contribution >= 0.6 is 11.6 Å². The van der Waals surface area contributed by atoms with E-state index >= 15 is 0 Å². The van der Waals surface area contributed by atoms with Crippen LogP contribution in [-0.2, 0) is 10.0 Å². The van der Waals surface area contributed by atoms with Gasteiger partial charge in [-0.2, -0.15) is 4.31 Å². The summed E-state index contributed by atoms with van der Waals surface area (Å²) in [4.78, 5) is 2.11. The Kier molecular flexibility index (Phi) is 4.82. The number of hydrogen-bond acceptors (Lipinski definition) is 4. The highest BCUT2D eigenvalue weighted by molar-refractivity contribution is 7.89. The number of benzene rings is 1. The molecule has 21 heavy (non-hydrogen) atoms. The fourth-order valence-corrected chi connectivity index (χ4v) is 5.00. The second-order valence-corrected chi connectivity index (χ2v) is 8.08. The Labute approximate surface area is 131 Å². The highest BCUT2D eigenvalue weighted by atomic mass is 35.5. The van der Waals surface area contributed by atoms with Gasteiger partial charge in [0.1, 0.15) is 4.90 Å². The van der Waals surface area contributed by atoms with E-state index in [1.54, 1.807) is 10.4 Å². The average Bonchev–Trinajstić information content (AvgIpc) is 2.81. The lowest BCUT2D eigenvalue weighted by Crippen LogP contribution is -2.41. The molecule has 1 heterocycles. The third-order valence-electron chi connectivity index (χ3n) is 3.81. The summed E-state index contributed by atoms with van der Waals surface area (Å²) in [6.07, 6.45) is 1.74. The Balaban J connectivity index is 2.40. The molecule has 0 radical (unpaired) electrons. The number of nitrogens with zero attached hydrogens (tertiary/aromatic N) is 2. The molecule has 1 aliphatic rings. The number of nitrogen functional groups attached to an aromatic ring is 1. The van der Waals surface area contributed by atoms with Crippen LogP contribution in [0.25, 0.3) is 0 Å². The van der Waals surface area contributed by atoms with E-state index < -0.39 is 10.0 Å². The molecule has 2 rings (SSSR count). The van der Waals surface area contributed by atoms with Gasteiger partial charge in [0, 0.05) is 24.8 Å². The standard InChI is InChI=1S/C14H22ClN3O2S/c1-10-7-12(15)14(8-13(10)16)21(19,20)18-6-4-5-11(18)9-17(2)3/h7-8,11H,4-6,9,16H2,1-3H3. The predicted octanol–water partition coefficient (Wildman–Crippen LogP) is 1.95. The Morgan fingerprint density at radius 2 is 2.10 bits per heavy atom. The van der Waals surface area contributed by atoms with Gasteiger partial charge in [-0.25, -0.2) is 8.42 Å². The fraction of sp³-hybridized carbons (Fsp3) is 0.571. The van der Waals surface area contributed by atoms with Crippen LogP contribution in [-0.4, -0.2) is 50.8 Å². The predicted molar refractivity (Wildman–Crippen MR) is 86.1 cm³/mol. The minimum absolute atomic E-state index is 0.0106. The summed E-state index contributed by atoms with van der Waals surface area (Å²) in [5.74, 6) is 0. The number of sulfonamides is 1. The second-order valence-electron chi connectivity index (χ2n) is 5.81. The summed E-state index contributed by atoms with van der Waals surface area (Å²) in [6.45, 7) is 3.05. The molecule has 1 fully saturated rings. The summed E-state index contributed by atoms with van der Waals surface area (Å²) in [7, 11) is 0.280. The Bertz CT molecular complexity index is 631. The van der Waals surface area contributed by atoms with Gasteiger partial charge in [-0.05, 0) is 51.6 Å². The molecule has 1 unspecified atom stereocenters. The second kappa shape index (κ2) is 6.12. The van der Waals surface area contributed by atoms with Gasteiger partial charge in [-0.1, -0.05) is 11.6 Å². The molecule has 0 aromatic heterocycles. The first-order valence-corrected chi connectivity index (χ1v) is 8.77. The van der Waals surface area contributed by atoms with Gasteiger partial charge < -0.3 is 10.6 Å². The van der Waals surface area contributed by atoms with Crippen molar-refractivity contribution in [2.45, 2.75) is 30.7 Å². The van der Waals surface area contributed by atoms with Crippen molar-refractivity contribution in [2.75, 3.05) is 32.9 Å². The number of hydrogen-bond donors (Lipinski definition) is 1. The van der Waals surface area contributed by atoms with E-state index in [-0.39, 0.29) is 16.0 Å². The molecule has 2 N–H and O–H groups in total. The minimum atomic E-state index is -3.61. The number of likely N-dealkylation sites (N-methyl/N-ethyl adjacent to an activating group) is 1. The van der Waals surface area contributed by atoms with E-state index in [0.29, 0.717) is 18.8 Å². The van der Waals surface area contributed by atoms with Crippen molar-refractivity contribution in [3.8, 4) is 0 Å². The highest BCUT2D eigenvalue weighted by Gasteiger charge is 2.36. The Morgan fingerprint density at radius 1 is 1.43 bits per heavy atom. The van der Waals surface area contributed by atoms with Crippen molar-refractivity contribution in [2.24, 2.45) is 0 Å². The molecule has 1 saturated heterocycles. The van der Waals surface area contributed by atoms with E-state index in [4.69, 9.17) is 17.3 Å². The zero-order valence-corrected chi connectivity index (χ0v) is 14.2. The first kappa shape index (κ1) is 16.5. The van der Waals surface area contributed by atoms with Crippen LogP contribution in [0.3, 0.4) is 0 Å². The van der Waals surface area contributed by atoms with Crippen LogP contribution in [0.1, 0.15) is 18.4 Å². The zero-order chi connectivity index (χ0) is 15.8. The molecule has 118 valence electrons. The van der Waals surface area contributed by atoms with Gasteiger partial charge in [0.05, 0.1) is 5.02 Å². The summed E-state index contributed by atoms with van der Waals surface area (Å²) in [5, 5.41) is 0.234. The molecule has 0 bridgehead atoms. The van der Waals surface area contributed by atoms with E-state index in [9.17, 15) is 8.42 Å². The maximum absolute atomic E-state index is 12.9. The van der Waals surface area contributed by atoms with E-state index in [1.807, 2.05) is 25.9 Å². The highest BCUT2D eigenvalue weighted by Crippen LogP contribution is 2.32. The molecule has 5 nitrogen and oxygen atoms in total. The largest absolute Gasteiger partial charge is 0.398 e.